The van der Waals surface area contributed by atoms with E-state index in [-0.39, 0.29) is 56.7 Å². The maximum atomic E-state index is 14.6. The van der Waals surface area contributed by atoms with E-state index in [1.54, 1.807) is 44.1 Å². The molecule has 4 amide bonds. The number of aromatic hydroxyl groups is 1. The second-order valence-electron chi connectivity index (χ2n) is 13.9. The molecule has 2 saturated heterocycles. The van der Waals surface area contributed by atoms with Gasteiger partial charge in [-0.15, -0.1) is 0 Å². The van der Waals surface area contributed by atoms with Crippen LogP contribution in [0, 0.1) is 6.92 Å². The van der Waals surface area contributed by atoms with E-state index in [0.29, 0.717) is 11.5 Å². The molecule has 6 aromatic rings. The number of hydrogen-bond acceptors (Lipinski definition) is 7. The first-order valence-corrected chi connectivity index (χ1v) is 18.0. The van der Waals surface area contributed by atoms with Gasteiger partial charge in [-0.05, 0) is 52.6 Å². The monoisotopic (exact) mass is 720 g/mol. The first kappa shape index (κ1) is 34.6. The quantitative estimate of drug-likeness (QED) is 0.181. The van der Waals surface area contributed by atoms with Crippen molar-refractivity contribution in [1.29, 1.82) is 0 Å². The molecule has 2 N–H and O–H groups in total. The molecule has 0 aliphatic carbocycles. The Balaban J connectivity index is 1.16. The lowest BCUT2D eigenvalue weighted by Gasteiger charge is -2.55. The second kappa shape index (κ2) is 14.9. The zero-order valence-corrected chi connectivity index (χ0v) is 29.8. The lowest BCUT2D eigenvalue weighted by Crippen LogP contribution is -2.76. The Morgan fingerprint density at radius 2 is 1.61 bits per heavy atom. The molecule has 0 bridgehead atoms. The molecule has 0 spiro atoms. The summed E-state index contributed by atoms with van der Waals surface area (Å²) in [6.45, 7) is 2.56. The molecule has 2 aliphatic rings. The average Bonchev–Trinajstić information content (AvgIpc) is 3.65. The summed E-state index contributed by atoms with van der Waals surface area (Å²) in [4.78, 5) is 46.7. The van der Waals surface area contributed by atoms with Crippen LogP contribution in [0.2, 0.25) is 0 Å². The van der Waals surface area contributed by atoms with E-state index in [1.807, 2.05) is 110 Å². The van der Waals surface area contributed by atoms with Crippen LogP contribution in [-0.4, -0.2) is 73.2 Å². The van der Waals surface area contributed by atoms with Crippen LogP contribution in [0.3, 0.4) is 0 Å². The lowest BCUT2D eigenvalue weighted by atomic mass is 9.97. The molecule has 1 aromatic heterocycles. The largest absolute Gasteiger partial charge is 0.508 e. The van der Waals surface area contributed by atoms with Crippen molar-refractivity contribution in [2.24, 2.45) is 0 Å². The van der Waals surface area contributed by atoms with Gasteiger partial charge in [0.05, 0.1) is 19.6 Å². The number of hydrogen-bond donors (Lipinski definition) is 2. The SMILES string of the molecule is Cc1cccc(-c2cc(CN3CC(=O)N4[C@@H](Cc5ccc(O)cc5)C(=O)N(Cc5cccc6ccccc56)C[C@@H]4N3C(=O)NCc3ccccc3)on2)c1. The molecule has 2 atom stereocenters. The number of aromatic nitrogens is 1. The van der Waals surface area contributed by atoms with Gasteiger partial charge in [0.1, 0.15) is 23.7 Å². The minimum atomic E-state index is -0.902. The minimum absolute atomic E-state index is 0.0834. The Morgan fingerprint density at radius 3 is 2.43 bits per heavy atom. The lowest BCUT2D eigenvalue weighted by molar-refractivity contribution is -0.193. The number of hydrazine groups is 1. The first-order valence-electron chi connectivity index (χ1n) is 18.0. The number of urea groups is 1. The number of aryl methyl sites for hydroxylation is 1. The number of piperazine rings is 1. The van der Waals surface area contributed by atoms with Crippen LogP contribution in [0.1, 0.15) is 28.0 Å². The number of carbonyl (C=O) groups is 3. The third-order valence-corrected chi connectivity index (χ3v) is 10.1. The van der Waals surface area contributed by atoms with Crippen molar-refractivity contribution in [3.8, 4) is 17.0 Å². The van der Waals surface area contributed by atoms with Gasteiger partial charge < -0.3 is 24.7 Å². The fourth-order valence-corrected chi connectivity index (χ4v) is 7.53. The molecule has 0 saturated carbocycles. The number of fused-ring (bicyclic) bond motifs is 2. The highest BCUT2D eigenvalue weighted by atomic mass is 16.5. The summed E-state index contributed by atoms with van der Waals surface area (Å²) < 4.78 is 5.80. The van der Waals surface area contributed by atoms with Gasteiger partial charge in [-0.25, -0.2) is 9.80 Å². The third kappa shape index (κ3) is 7.13. The van der Waals surface area contributed by atoms with E-state index in [2.05, 4.69) is 10.5 Å². The summed E-state index contributed by atoms with van der Waals surface area (Å²) in [7, 11) is 0. The molecular formula is C43H40N6O5. The second-order valence-corrected chi connectivity index (χ2v) is 13.9. The van der Waals surface area contributed by atoms with Gasteiger partial charge in [-0.2, -0.15) is 5.01 Å². The van der Waals surface area contributed by atoms with Crippen LogP contribution in [0.4, 0.5) is 4.79 Å². The molecular weight excluding hydrogens is 681 g/mol. The van der Waals surface area contributed by atoms with Crippen LogP contribution >= 0.6 is 0 Å². The fourth-order valence-electron chi connectivity index (χ4n) is 7.53. The number of nitrogens with zero attached hydrogens (tertiary/aromatic N) is 5. The van der Waals surface area contributed by atoms with Gasteiger partial charge in [0.15, 0.2) is 5.76 Å². The Hall–Kier alpha value is -6.46. The van der Waals surface area contributed by atoms with E-state index < -0.39 is 18.2 Å². The predicted molar refractivity (Wildman–Crippen MR) is 203 cm³/mol. The summed E-state index contributed by atoms with van der Waals surface area (Å²) in [5.74, 6) is 0.0890. The summed E-state index contributed by atoms with van der Waals surface area (Å²) in [6.07, 6.45) is -0.634. The zero-order valence-electron chi connectivity index (χ0n) is 29.8. The normalized spacial score (nSPS) is 17.5. The van der Waals surface area contributed by atoms with E-state index in [4.69, 9.17) is 4.52 Å². The van der Waals surface area contributed by atoms with E-state index in [1.165, 1.54) is 0 Å². The van der Waals surface area contributed by atoms with Gasteiger partial charge in [0, 0.05) is 31.1 Å². The fraction of sp³-hybridized carbons (Fsp3) is 0.209. The summed E-state index contributed by atoms with van der Waals surface area (Å²) >= 11 is 0. The zero-order chi connectivity index (χ0) is 37.2. The van der Waals surface area contributed by atoms with Crippen molar-refractivity contribution in [1.82, 2.24) is 30.3 Å². The molecule has 2 fully saturated rings. The van der Waals surface area contributed by atoms with E-state index >= 15 is 0 Å². The average molecular weight is 721 g/mol. The third-order valence-electron chi connectivity index (χ3n) is 10.1. The molecule has 272 valence electrons. The van der Waals surface area contributed by atoms with Crippen LogP contribution < -0.4 is 5.32 Å². The molecule has 2 aliphatic heterocycles. The van der Waals surface area contributed by atoms with Crippen LogP contribution in [-0.2, 0) is 35.6 Å². The minimum Gasteiger partial charge on any atom is -0.508 e. The number of phenols is 1. The smallest absolute Gasteiger partial charge is 0.334 e. The van der Waals surface area contributed by atoms with Crippen molar-refractivity contribution in [3.05, 3.63) is 155 Å². The van der Waals surface area contributed by atoms with Crippen molar-refractivity contribution in [3.63, 3.8) is 0 Å². The van der Waals surface area contributed by atoms with Crippen LogP contribution in [0.5, 0.6) is 5.75 Å². The number of rotatable bonds is 9. The molecule has 8 rings (SSSR count). The van der Waals surface area contributed by atoms with Gasteiger partial charge in [-0.1, -0.05) is 114 Å². The Morgan fingerprint density at radius 1 is 0.852 bits per heavy atom. The standard InChI is InChI=1S/C43H40N6O5/c1-29-9-7-14-33(21-29)38-23-36(54-45-38)26-47-28-41(51)48-39(22-30-17-19-35(50)20-18-30)42(52)46(25-34-15-8-13-32-12-5-6-16-37(32)34)27-40(48)49(47)43(53)44-24-31-10-3-2-4-11-31/h2-21,23,39-40,50H,22,24-28H2,1H3,(H,44,53)/t39-,40-/m0/s1. The molecule has 11 heteroatoms. The van der Waals surface area contributed by atoms with Crippen molar-refractivity contribution in [2.75, 3.05) is 13.1 Å². The Labute approximate surface area is 313 Å². The van der Waals surface area contributed by atoms with E-state index in [9.17, 15) is 19.5 Å². The predicted octanol–water partition coefficient (Wildman–Crippen LogP) is 6.26. The molecule has 3 heterocycles. The molecule has 54 heavy (non-hydrogen) atoms. The first-order chi connectivity index (χ1) is 26.3. The van der Waals surface area contributed by atoms with Crippen molar-refractivity contribution < 1.29 is 24.0 Å². The molecule has 5 aromatic carbocycles. The van der Waals surface area contributed by atoms with Crippen molar-refractivity contribution >= 4 is 28.6 Å². The number of nitrogens with one attached hydrogen (secondary N) is 1. The van der Waals surface area contributed by atoms with E-state index in [0.717, 1.165) is 38.6 Å². The number of phenolic OH excluding ortho intramolecular Hbond substituents is 1. The topological polar surface area (TPSA) is 122 Å². The van der Waals surface area contributed by atoms with Gasteiger partial charge >= 0.3 is 6.03 Å². The molecule has 0 unspecified atom stereocenters. The Bertz CT molecular complexity index is 2300. The highest BCUT2D eigenvalue weighted by molar-refractivity contribution is 5.92. The number of carbonyl (C=O) groups excluding carboxylic acids is 3. The van der Waals surface area contributed by atoms with Gasteiger partial charge in [-0.3, -0.25) is 9.59 Å². The van der Waals surface area contributed by atoms with Crippen LogP contribution in [0.25, 0.3) is 22.0 Å². The summed E-state index contributed by atoms with van der Waals surface area (Å²) in [6, 6.07) is 38.8. The number of amides is 4. The molecule has 0 radical (unpaired) electrons. The maximum Gasteiger partial charge on any atom is 0.334 e. The highest BCUT2D eigenvalue weighted by Gasteiger charge is 2.51. The number of benzene rings is 5. The van der Waals surface area contributed by atoms with Crippen molar-refractivity contribution in [2.45, 2.75) is 45.2 Å². The Kier molecular flexibility index (Phi) is 9.54. The van der Waals surface area contributed by atoms with Gasteiger partial charge in [0.25, 0.3) is 0 Å². The highest BCUT2D eigenvalue weighted by Crippen LogP contribution is 2.32. The summed E-state index contributed by atoms with van der Waals surface area (Å²) in [5.41, 5.74) is 5.29. The molecule has 11 nitrogen and oxygen atoms in total. The maximum absolute atomic E-state index is 14.6. The summed E-state index contributed by atoms with van der Waals surface area (Å²) in [5, 5.41) is 22.7. The van der Waals surface area contributed by atoms with Gasteiger partial charge in [0.2, 0.25) is 11.8 Å². The van der Waals surface area contributed by atoms with Crippen LogP contribution in [0.15, 0.2) is 132 Å².